The van der Waals surface area contributed by atoms with Gasteiger partial charge in [0.1, 0.15) is 0 Å². The maximum atomic E-state index is 12.2. The van der Waals surface area contributed by atoms with Crippen LogP contribution in [0.2, 0.25) is 0 Å². The molecule has 0 N–H and O–H groups in total. The second-order valence-electron chi connectivity index (χ2n) is 7.18. The highest BCUT2D eigenvalue weighted by Crippen LogP contribution is 2.65. The summed E-state index contributed by atoms with van der Waals surface area (Å²) in [4.78, 5) is 10.9. The number of alkyl halides is 2. The molecule has 4 saturated carbocycles. The standard InChI is InChI=1S/C14H20F2O2/c1-13-3-9-2-10(4-13)6-14(5-9,7-13)8-18-12(17)11(15)16/h9-11H,2-8H2,1H3. The summed E-state index contributed by atoms with van der Waals surface area (Å²) < 4.78 is 29.2. The van der Waals surface area contributed by atoms with Gasteiger partial charge in [-0.25, -0.2) is 4.79 Å². The molecule has 0 heterocycles. The van der Waals surface area contributed by atoms with Gasteiger partial charge in [-0.15, -0.1) is 0 Å². The lowest BCUT2D eigenvalue weighted by Gasteiger charge is -2.61. The monoisotopic (exact) mass is 258 g/mol. The Labute approximate surface area is 106 Å². The maximum Gasteiger partial charge on any atom is 0.373 e. The van der Waals surface area contributed by atoms with E-state index in [1.165, 1.54) is 19.3 Å². The predicted octanol–water partition coefficient (Wildman–Crippen LogP) is 3.40. The molecule has 0 spiro atoms. The van der Waals surface area contributed by atoms with Crippen molar-refractivity contribution in [3.05, 3.63) is 0 Å². The first kappa shape index (κ1) is 12.4. The Hall–Kier alpha value is -0.670. The average Bonchev–Trinajstić information content (AvgIpc) is 2.22. The van der Waals surface area contributed by atoms with Crippen LogP contribution in [-0.2, 0) is 9.53 Å². The van der Waals surface area contributed by atoms with Crippen molar-refractivity contribution in [2.24, 2.45) is 22.7 Å². The van der Waals surface area contributed by atoms with Gasteiger partial charge in [0.25, 0.3) is 0 Å². The lowest BCUT2D eigenvalue weighted by molar-refractivity contribution is -0.172. The van der Waals surface area contributed by atoms with E-state index in [4.69, 9.17) is 4.74 Å². The molecule has 0 aromatic carbocycles. The third-order valence-corrected chi connectivity index (χ3v) is 5.17. The number of carbonyl (C=O) groups is 1. The topological polar surface area (TPSA) is 26.3 Å². The van der Waals surface area contributed by atoms with Gasteiger partial charge in [-0.05, 0) is 55.8 Å². The van der Waals surface area contributed by atoms with Gasteiger partial charge in [-0.2, -0.15) is 8.78 Å². The van der Waals surface area contributed by atoms with Gasteiger partial charge >= 0.3 is 12.4 Å². The lowest BCUT2D eigenvalue weighted by atomic mass is 9.45. The van der Waals surface area contributed by atoms with Crippen molar-refractivity contribution >= 4 is 5.97 Å². The minimum absolute atomic E-state index is 0.00336. The van der Waals surface area contributed by atoms with Gasteiger partial charge in [0.15, 0.2) is 0 Å². The first-order valence-corrected chi connectivity index (χ1v) is 6.85. The van der Waals surface area contributed by atoms with E-state index in [-0.39, 0.29) is 12.0 Å². The molecule has 2 unspecified atom stereocenters. The van der Waals surface area contributed by atoms with E-state index in [2.05, 4.69) is 6.92 Å². The highest BCUT2D eigenvalue weighted by molar-refractivity contribution is 5.72. The normalized spacial score (nSPS) is 45.6. The molecule has 18 heavy (non-hydrogen) atoms. The smallest absolute Gasteiger partial charge is 0.373 e. The van der Waals surface area contributed by atoms with Gasteiger partial charge in [0.05, 0.1) is 6.61 Å². The molecule has 0 amide bonds. The van der Waals surface area contributed by atoms with Crippen molar-refractivity contribution in [1.29, 1.82) is 0 Å². The Morgan fingerprint density at radius 3 is 2.39 bits per heavy atom. The van der Waals surface area contributed by atoms with Crippen molar-refractivity contribution in [1.82, 2.24) is 0 Å². The molecule has 0 aromatic rings. The van der Waals surface area contributed by atoms with Gasteiger partial charge in [-0.1, -0.05) is 6.92 Å². The van der Waals surface area contributed by atoms with Gasteiger partial charge in [-0.3, -0.25) is 0 Å². The van der Waals surface area contributed by atoms with Crippen LogP contribution in [0, 0.1) is 22.7 Å². The number of ether oxygens (including phenoxy) is 1. The zero-order valence-corrected chi connectivity index (χ0v) is 10.8. The Balaban J connectivity index is 1.70. The van der Waals surface area contributed by atoms with Crippen LogP contribution < -0.4 is 0 Å². The Bertz CT molecular complexity index is 353. The molecule has 0 aliphatic heterocycles. The fourth-order valence-corrected chi connectivity index (χ4v) is 5.38. The minimum atomic E-state index is -2.99. The lowest BCUT2D eigenvalue weighted by Crippen LogP contribution is -2.52. The minimum Gasteiger partial charge on any atom is -0.461 e. The van der Waals surface area contributed by atoms with E-state index in [9.17, 15) is 13.6 Å². The molecule has 0 radical (unpaired) electrons. The molecule has 4 heteroatoms. The number of halogens is 2. The largest absolute Gasteiger partial charge is 0.461 e. The van der Waals surface area contributed by atoms with Gasteiger partial charge in [0.2, 0.25) is 0 Å². The summed E-state index contributed by atoms with van der Waals surface area (Å²) in [7, 11) is 0. The summed E-state index contributed by atoms with van der Waals surface area (Å²) in [5, 5.41) is 0. The zero-order chi connectivity index (χ0) is 13.0. The summed E-state index contributed by atoms with van der Waals surface area (Å²) in [5.74, 6) is 0.0962. The van der Waals surface area contributed by atoms with Gasteiger partial charge in [0, 0.05) is 5.41 Å². The van der Waals surface area contributed by atoms with Crippen molar-refractivity contribution in [3.63, 3.8) is 0 Å². The SMILES string of the molecule is CC12CC3CC(C1)CC(COC(=O)C(F)F)(C3)C2. The van der Waals surface area contributed by atoms with Crippen LogP contribution in [0.4, 0.5) is 8.78 Å². The first-order chi connectivity index (χ1) is 8.40. The molecule has 102 valence electrons. The fourth-order valence-electron chi connectivity index (χ4n) is 5.38. The van der Waals surface area contributed by atoms with Crippen LogP contribution in [0.15, 0.2) is 0 Å². The maximum absolute atomic E-state index is 12.2. The van der Waals surface area contributed by atoms with Crippen molar-refractivity contribution in [2.45, 2.75) is 51.9 Å². The molecule has 4 fully saturated rings. The van der Waals surface area contributed by atoms with Crippen molar-refractivity contribution < 1.29 is 18.3 Å². The molecule has 4 aliphatic carbocycles. The van der Waals surface area contributed by atoms with Crippen LogP contribution in [-0.4, -0.2) is 19.0 Å². The third kappa shape index (κ3) is 2.04. The van der Waals surface area contributed by atoms with E-state index in [1.807, 2.05) is 0 Å². The molecule has 0 saturated heterocycles. The summed E-state index contributed by atoms with van der Waals surface area (Å²) in [5.41, 5.74) is 0.366. The average molecular weight is 258 g/mol. The highest BCUT2D eigenvalue weighted by Gasteiger charge is 2.56. The van der Waals surface area contributed by atoms with Crippen LogP contribution in [0.1, 0.15) is 45.4 Å². The highest BCUT2D eigenvalue weighted by atomic mass is 19.3. The Morgan fingerprint density at radius 2 is 1.89 bits per heavy atom. The predicted molar refractivity (Wildman–Crippen MR) is 62.2 cm³/mol. The van der Waals surface area contributed by atoms with E-state index < -0.39 is 12.4 Å². The summed E-state index contributed by atoms with van der Waals surface area (Å²) in [6.45, 7) is 2.52. The molecule has 4 aliphatic rings. The number of esters is 1. The van der Waals surface area contributed by atoms with Crippen LogP contribution in [0.25, 0.3) is 0 Å². The van der Waals surface area contributed by atoms with Crippen molar-refractivity contribution in [3.8, 4) is 0 Å². The van der Waals surface area contributed by atoms with E-state index in [0.29, 0.717) is 5.41 Å². The second kappa shape index (κ2) is 3.91. The fraction of sp³-hybridized carbons (Fsp3) is 0.929. The van der Waals surface area contributed by atoms with E-state index >= 15 is 0 Å². The number of carbonyl (C=O) groups excluding carboxylic acids is 1. The number of rotatable bonds is 3. The molecule has 2 atom stereocenters. The first-order valence-electron chi connectivity index (χ1n) is 6.85. The molecular weight excluding hydrogens is 238 g/mol. The van der Waals surface area contributed by atoms with E-state index in [1.54, 1.807) is 0 Å². The zero-order valence-electron chi connectivity index (χ0n) is 10.8. The van der Waals surface area contributed by atoms with Crippen molar-refractivity contribution in [2.75, 3.05) is 6.61 Å². The summed E-state index contributed by atoms with van der Waals surface area (Å²) in [6.07, 6.45) is 4.02. The quantitative estimate of drug-likeness (QED) is 0.725. The summed E-state index contributed by atoms with van der Waals surface area (Å²) in [6, 6.07) is 0. The molecule has 4 bridgehead atoms. The number of hydrogen-bond donors (Lipinski definition) is 0. The Kier molecular flexibility index (Phi) is 2.69. The molecule has 2 nitrogen and oxygen atoms in total. The summed E-state index contributed by atoms with van der Waals surface area (Å²) >= 11 is 0. The number of hydrogen-bond acceptors (Lipinski definition) is 2. The third-order valence-electron chi connectivity index (χ3n) is 5.17. The Morgan fingerprint density at radius 1 is 1.28 bits per heavy atom. The molecular formula is C14H20F2O2. The second-order valence-corrected chi connectivity index (χ2v) is 7.18. The van der Waals surface area contributed by atoms with Crippen LogP contribution >= 0.6 is 0 Å². The van der Waals surface area contributed by atoms with Gasteiger partial charge < -0.3 is 4.74 Å². The van der Waals surface area contributed by atoms with Crippen LogP contribution in [0.5, 0.6) is 0 Å². The van der Waals surface area contributed by atoms with Crippen LogP contribution in [0.3, 0.4) is 0 Å². The molecule has 4 rings (SSSR count). The molecule has 0 aromatic heterocycles. The van der Waals surface area contributed by atoms with E-state index in [0.717, 1.165) is 31.1 Å².